The fourth-order valence-electron chi connectivity index (χ4n) is 3.55. The highest BCUT2D eigenvalue weighted by atomic mass is 35.5. The minimum atomic E-state index is -3.66. The van der Waals surface area contributed by atoms with Gasteiger partial charge >= 0.3 is 0 Å². The van der Waals surface area contributed by atoms with Crippen molar-refractivity contribution in [3.63, 3.8) is 0 Å². The van der Waals surface area contributed by atoms with Crippen LogP contribution in [0.3, 0.4) is 0 Å². The molecule has 1 fully saturated rings. The van der Waals surface area contributed by atoms with E-state index in [0.717, 1.165) is 34.7 Å². The van der Waals surface area contributed by atoms with Gasteiger partial charge in [-0.05, 0) is 62.2 Å². The van der Waals surface area contributed by atoms with Crippen LogP contribution in [0.4, 0.5) is 5.13 Å². The van der Waals surface area contributed by atoms with Crippen LogP contribution < -0.4 is 10.1 Å². The van der Waals surface area contributed by atoms with Gasteiger partial charge in [0.15, 0.2) is 5.13 Å². The van der Waals surface area contributed by atoms with Gasteiger partial charge in [0.25, 0.3) is 5.91 Å². The zero-order valence-electron chi connectivity index (χ0n) is 17.6. The molecule has 0 unspecified atom stereocenters. The Morgan fingerprint density at radius 1 is 1.16 bits per heavy atom. The van der Waals surface area contributed by atoms with E-state index in [1.165, 1.54) is 33.8 Å². The molecule has 1 saturated heterocycles. The molecule has 7 nitrogen and oxygen atoms in total. The summed E-state index contributed by atoms with van der Waals surface area (Å²) in [7, 11) is -2.05. The first-order chi connectivity index (χ1) is 15.3. The van der Waals surface area contributed by atoms with Gasteiger partial charge in [-0.15, -0.1) is 11.3 Å². The predicted octanol–water partition coefficient (Wildman–Crippen LogP) is 4.82. The number of sulfonamides is 1. The van der Waals surface area contributed by atoms with Gasteiger partial charge in [0, 0.05) is 23.5 Å². The summed E-state index contributed by atoms with van der Waals surface area (Å²) >= 11 is 7.56. The Hall–Kier alpha value is -2.46. The molecule has 10 heteroatoms. The van der Waals surface area contributed by atoms with Gasteiger partial charge in [0.2, 0.25) is 10.0 Å². The zero-order valence-corrected chi connectivity index (χ0v) is 20.0. The number of nitrogens with zero attached hydrogens (tertiary/aromatic N) is 2. The Bertz CT molecular complexity index is 1250. The summed E-state index contributed by atoms with van der Waals surface area (Å²) < 4.78 is 32.3. The zero-order chi connectivity index (χ0) is 22.9. The van der Waals surface area contributed by atoms with Gasteiger partial charge in [-0.1, -0.05) is 11.6 Å². The minimum absolute atomic E-state index is 0.0585. The molecule has 1 aliphatic heterocycles. The third kappa shape index (κ3) is 4.52. The van der Waals surface area contributed by atoms with Crippen molar-refractivity contribution in [2.75, 3.05) is 25.5 Å². The number of hydrogen-bond donors (Lipinski definition) is 1. The highest BCUT2D eigenvalue weighted by Crippen LogP contribution is 2.32. The van der Waals surface area contributed by atoms with E-state index in [4.69, 9.17) is 16.3 Å². The largest absolute Gasteiger partial charge is 0.497 e. The van der Waals surface area contributed by atoms with Crippen LogP contribution in [-0.4, -0.2) is 43.8 Å². The van der Waals surface area contributed by atoms with Crippen LogP contribution in [0.25, 0.3) is 11.3 Å². The predicted molar refractivity (Wildman–Crippen MR) is 126 cm³/mol. The molecule has 3 aromatic rings. The number of halogens is 1. The molecule has 168 valence electrons. The average molecular weight is 492 g/mol. The summed E-state index contributed by atoms with van der Waals surface area (Å²) in [6, 6.07) is 11.7. The summed E-state index contributed by atoms with van der Waals surface area (Å²) in [5.41, 5.74) is 1.74. The normalized spacial score (nSPS) is 14.5. The average Bonchev–Trinajstić information content (AvgIpc) is 3.44. The van der Waals surface area contributed by atoms with Gasteiger partial charge in [-0.3, -0.25) is 10.1 Å². The Morgan fingerprint density at radius 2 is 1.84 bits per heavy atom. The molecule has 1 amide bonds. The van der Waals surface area contributed by atoms with Crippen molar-refractivity contribution in [3.8, 4) is 17.0 Å². The number of hydrogen-bond acceptors (Lipinski definition) is 6. The van der Waals surface area contributed by atoms with Crippen LogP contribution in [-0.2, 0) is 10.0 Å². The number of amides is 1. The lowest BCUT2D eigenvalue weighted by Gasteiger charge is -2.16. The highest BCUT2D eigenvalue weighted by Gasteiger charge is 2.28. The number of aromatic nitrogens is 1. The fourth-order valence-corrected chi connectivity index (χ4v) is 6.13. The van der Waals surface area contributed by atoms with Crippen molar-refractivity contribution >= 4 is 44.0 Å². The van der Waals surface area contributed by atoms with Gasteiger partial charge in [0.05, 0.1) is 28.3 Å². The van der Waals surface area contributed by atoms with E-state index in [9.17, 15) is 13.2 Å². The molecule has 32 heavy (non-hydrogen) atoms. The fraction of sp³-hybridized carbons (Fsp3) is 0.273. The molecule has 0 spiro atoms. The molecule has 0 bridgehead atoms. The topological polar surface area (TPSA) is 88.6 Å². The Balaban J connectivity index is 1.58. The first-order valence-electron chi connectivity index (χ1n) is 10.0. The molecule has 2 aromatic carbocycles. The number of carbonyl (C=O) groups excluding carboxylic acids is 1. The first-order valence-corrected chi connectivity index (χ1v) is 12.7. The van der Waals surface area contributed by atoms with Crippen LogP contribution in [0, 0.1) is 6.92 Å². The lowest BCUT2D eigenvalue weighted by molar-refractivity contribution is 0.102. The van der Waals surface area contributed by atoms with E-state index in [2.05, 4.69) is 10.3 Å². The summed E-state index contributed by atoms with van der Waals surface area (Å²) in [4.78, 5) is 18.5. The number of benzene rings is 2. The second kappa shape index (κ2) is 9.19. The quantitative estimate of drug-likeness (QED) is 0.534. The summed E-state index contributed by atoms with van der Waals surface area (Å²) in [5.74, 6) is 0.233. The SMILES string of the molecule is COc1ccc(-c2nc(NC(=O)c3cc(S(=O)(=O)N4CCCC4)ccc3Cl)sc2C)cc1. The van der Waals surface area contributed by atoms with Crippen molar-refractivity contribution in [1.82, 2.24) is 9.29 Å². The number of ether oxygens (including phenoxy) is 1. The number of anilines is 1. The lowest BCUT2D eigenvalue weighted by Crippen LogP contribution is -2.28. The van der Waals surface area contributed by atoms with Crippen molar-refractivity contribution < 1.29 is 17.9 Å². The smallest absolute Gasteiger partial charge is 0.259 e. The van der Waals surface area contributed by atoms with Crippen LogP contribution in [0.15, 0.2) is 47.4 Å². The van der Waals surface area contributed by atoms with E-state index in [-0.39, 0.29) is 15.5 Å². The van der Waals surface area contributed by atoms with Gasteiger partial charge in [-0.25, -0.2) is 13.4 Å². The number of rotatable bonds is 6. The van der Waals surface area contributed by atoms with Gasteiger partial charge < -0.3 is 4.74 Å². The number of thiazole rings is 1. The van der Waals surface area contributed by atoms with Crippen LogP contribution in [0.5, 0.6) is 5.75 Å². The van der Waals surface area contributed by atoms with E-state index in [1.54, 1.807) is 7.11 Å². The van der Waals surface area contributed by atoms with Crippen LogP contribution >= 0.6 is 22.9 Å². The third-order valence-electron chi connectivity index (χ3n) is 5.27. The number of methoxy groups -OCH3 is 1. The van der Waals surface area contributed by atoms with Crippen molar-refractivity contribution in [2.24, 2.45) is 0 Å². The maximum atomic E-state index is 12.9. The van der Waals surface area contributed by atoms with Gasteiger partial charge in [-0.2, -0.15) is 4.31 Å². The van der Waals surface area contributed by atoms with Crippen LogP contribution in [0.1, 0.15) is 28.1 Å². The molecule has 1 aliphatic rings. The molecule has 1 aromatic heterocycles. The van der Waals surface area contributed by atoms with Gasteiger partial charge in [0.1, 0.15) is 5.75 Å². The Labute approximate surface area is 196 Å². The van der Waals surface area contributed by atoms with E-state index in [1.807, 2.05) is 31.2 Å². The first kappa shape index (κ1) is 22.7. The van der Waals surface area contributed by atoms with E-state index >= 15 is 0 Å². The molecule has 1 N–H and O–H groups in total. The van der Waals surface area contributed by atoms with E-state index in [0.29, 0.717) is 18.2 Å². The number of aryl methyl sites for hydroxylation is 1. The second-order valence-corrected chi connectivity index (χ2v) is 10.9. The molecule has 2 heterocycles. The minimum Gasteiger partial charge on any atom is -0.497 e. The molecule has 0 atom stereocenters. The molecule has 4 rings (SSSR count). The summed E-state index contributed by atoms with van der Waals surface area (Å²) in [6.07, 6.45) is 1.67. The van der Waals surface area contributed by atoms with Crippen molar-refractivity contribution in [1.29, 1.82) is 0 Å². The Morgan fingerprint density at radius 3 is 2.50 bits per heavy atom. The lowest BCUT2D eigenvalue weighted by atomic mass is 10.1. The molecule has 0 saturated carbocycles. The number of nitrogens with one attached hydrogen (secondary N) is 1. The molecule has 0 radical (unpaired) electrons. The Kier molecular flexibility index (Phi) is 6.52. The highest BCUT2D eigenvalue weighted by molar-refractivity contribution is 7.89. The maximum absolute atomic E-state index is 12.9. The summed E-state index contributed by atoms with van der Waals surface area (Å²) in [6.45, 7) is 2.89. The molecular formula is C22H22ClN3O4S2. The maximum Gasteiger partial charge on any atom is 0.259 e. The monoisotopic (exact) mass is 491 g/mol. The standard InChI is InChI=1S/C22H22ClN3O4S2/c1-14-20(15-5-7-16(30-2)8-6-15)24-22(31-14)25-21(27)18-13-17(9-10-19(18)23)32(28,29)26-11-3-4-12-26/h5-10,13H,3-4,11-12H2,1-2H3,(H,24,25,27). The molecule has 0 aliphatic carbocycles. The molecular weight excluding hydrogens is 470 g/mol. The second-order valence-electron chi connectivity index (χ2n) is 7.36. The van der Waals surface area contributed by atoms with Crippen LogP contribution in [0.2, 0.25) is 5.02 Å². The summed E-state index contributed by atoms with van der Waals surface area (Å²) in [5, 5.41) is 3.33. The third-order valence-corrected chi connectivity index (χ3v) is 8.38. The van der Waals surface area contributed by atoms with E-state index < -0.39 is 15.9 Å². The van der Waals surface area contributed by atoms with Crippen molar-refractivity contribution in [3.05, 3.63) is 57.9 Å². The number of carbonyl (C=O) groups is 1. The van der Waals surface area contributed by atoms with Crippen molar-refractivity contribution in [2.45, 2.75) is 24.7 Å².